The molecule has 1 aromatic rings. The molecule has 0 bridgehead atoms. The second-order valence-electron chi connectivity index (χ2n) is 6.71. The number of anilines is 1. The summed E-state index contributed by atoms with van der Waals surface area (Å²) >= 11 is 0. The number of halogens is 1. The second-order valence-corrected chi connectivity index (χ2v) is 6.71. The number of benzene rings is 1. The first-order chi connectivity index (χ1) is 12.7. The number of carbonyl (C=O) groups excluding carboxylic acids is 1. The molecule has 6 heteroatoms. The molecule has 0 aliphatic heterocycles. The third-order valence-corrected chi connectivity index (χ3v) is 4.49. The van der Waals surface area contributed by atoms with E-state index in [0.717, 1.165) is 36.6 Å². The van der Waals surface area contributed by atoms with Gasteiger partial charge in [0.25, 0.3) is 0 Å². The largest absolute Gasteiger partial charge is 0.356 e. The van der Waals surface area contributed by atoms with Crippen LogP contribution in [0.15, 0.2) is 40.9 Å². The van der Waals surface area contributed by atoms with Crippen LogP contribution < -0.4 is 16.0 Å². The van der Waals surface area contributed by atoms with Crippen molar-refractivity contribution in [1.29, 1.82) is 0 Å². The first-order valence-electron chi connectivity index (χ1n) is 9.72. The van der Waals surface area contributed by atoms with E-state index in [1.54, 1.807) is 12.6 Å². The smallest absolute Gasteiger partial charge is 0.224 e. The van der Waals surface area contributed by atoms with E-state index >= 15 is 0 Å². The quantitative estimate of drug-likeness (QED) is 0.219. The summed E-state index contributed by atoms with van der Waals surface area (Å²) in [7, 11) is 1.79. The Bertz CT molecular complexity index is 643. The molecule has 0 fully saturated rings. The topological polar surface area (TPSA) is 65.5 Å². The molecule has 0 spiro atoms. The number of rotatable bonds is 8. The van der Waals surface area contributed by atoms with Gasteiger partial charge in [0, 0.05) is 32.2 Å². The second kappa shape index (κ2) is 13.6. The van der Waals surface area contributed by atoms with Crippen molar-refractivity contribution in [2.24, 2.45) is 4.99 Å². The molecule has 0 atom stereocenters. The highest BCUT2D eigenvalue weighted by Crippen LogP contribution is 2.19. The van der Waals surface area contributed by atoms with Crippen LogP contribution in [0.2, 0.25) is 0 Å². The first kappa shape index (κ1) is 23.5. The molecule has 0 unspecified atom stereocenters. The minimum Gasteiger partial charge on any atom is -0.356 e. The van der Waals surface area contributed by atoms with Crippen LogP contribution in [0.25, 0.3) is 0 Å². The van der Waals surface area contributed by atoms with Crippen molar-refractivity contribution < 1.29 is 4.79 Å². The van der Waals surface area contributed by atoms with Crippen LogP contribution in [0.4, 0.5) is 5.69 Å². The van der Waals surface area contributed by atoms with E-state index in [1.807, 2.05) is 31.2 Å². The average molecular weight is 484 g/mol. The van der Waals surface area contributed by atoms with E-state index in [-0.39, 0.29) is 29.9 Å². The van der Waals surface area contributed by atoms with E-state index < -0.39 is 0 Å². The summed E-state index contributed by atoms with van der Waals surface area (Å²) in [5, 5.41) is 9.65. The number of aliphatic imine (C=N–C) groups is 1. The number of nitrogens with zero attached hydrogens (tertiary/aromatic N) is 1. The molecule has 5 nitrogen and oxygen atoms in total. The number of hydrogen-bond donors (Lipinski definition) is 3. The predicted molar refractivity (Wildman–Crippen MR) is 125 cm³/mol. The van der Waals surface area contributed by atoms with Crippen molar-refractivity contribution in [3.8, 4) is 0 Å². The summed E-state index contributed by atoms with van der Waals surface area (Å²) in [6.45, 7) is 3.57. The summed E-state index contributed by atoms with van der Waals surface area (Å²) in [6, 6.07) is 7.93. The molecule has 1 aromatic carbocycles. The molecule has 2 rings (SSSR count). The molecule has 3 N–H and O–H groups in total. The Kier molecular flexibility index (Phi) is 11.8. The van der Waals surface area contributed by atoms with Crippen LogP contribution in [-0.2, 0) is 11.3 Å². The summed E-state index contributed by atoms with van der Waals surface area (Å²) in [5.41, 5.74) is 3.52. The van der Waals surface area contributed by atoms with Gasteiger partial charge in [-0.1, -0.05) is 30.7 Å². The van der Waals surface area contributed by atoms with Crippen molar-refractivity contribution in [1.82, 2.24) is 10.6 Å². The van der Waals surface area contributed by atoms with Gasteiger partial charge in [-0.25, -0.2) is 0 Å². The molecule has 1 aliphatic carbocycles. The molecule has 0 aromatic heterocycles. The minimum absolute atomic E-state index is 0. The van der Waals surface area contributed by atoms with Gasteiger partial charge in [0.05, 0.1) is 0 Å². The van der Waals surface area contributed by atoms with Crippen LogP contribution in [0.1, 0.15) is 57.4 Å². The molecule has 150 valence electrons. The number of carbonyl (C=O) groups is 1. The number of guanidine groups is 1. The SMILES string of the molecule is CCCC(=O)Nc1cccc(CNC(=NC)NCCC2=CCCCC2)c1.I. The molecule has 1 aliphatic rings. The van der Waals surface area contributed by atoms with Crippen molar-refractivity contribution in [3.63, 3.8) is 0 Å². The van der Waals surface area contributed by atoms with Crippen LogP contribution >= 0.6 is 24.0 Å². The molecular formula is C21H33IN4O. The van der Waals surface area contributed by atoms with Gasteiger partial charge in [0.2, 0.25) is 5.91 Å². The summed E-state index contributed by atoms with van der Waals surface area (Å²) < 4.78 is 0. The van der Waals surface area contributed by atoms with E-state index in [4.69, 9.17) is 0 Å². The summed E-state index contributed by atoms with van der Waals surface area (Å²) in [5.74, 6) is 0.869. The lowest BCUT2D eigenvalue weighted by atomic mass is 9.97. The Hall–Kier alpha value is -1.57. The maximum atomic E-state index is 11.7. The van der Waals surface area contributed by atoms with E-state index in [2.05, 4.69) is 27.0 Å². The van der Waals surface area contributed by atoms with Gasteiger partial charge in [0.15, 0.2) is 5.96 Å². The normalized spacial score (nSPS) is 14.0. The number of amides is 1. The van der Waals surface area contributed by atoms with Crippen molar-refractivity contribution >= 4 is 41.5 Å². The molecule has 0 saturated carbocycles. The van der Waals surface area contributed by atoms with Crippen molar-refractivity contribution in [2.45, 2.75) is 58.4 Å². The lowest BCUT2D eigenvalue weighted by Gasteiger charge is -2.15. The Morgan fingerprint density at radius 2 is 2.07 bits per heavy atom. The zero-order valence-corrected chi connectivity index (χ0v) is 18.8. The van der Waals surface area contributed by atoms with Gasteiger partial charge in [-0.15, -0.1) is 24.0 Å². The fourth-order valence-corrected chi connectivity index (χ4v) is 3.09. The highest BCUT2D eigenvalue weighted by atomic mass is 127. The van der Waals surface area contributed by atoms with Crippen LogP contribution in [0.3, 0.4) is 0 Å². The van der Waals surface area contributed by atoms with E-state index in [9.17, 15) is 4.79 Å². The Morgan fingerprint density at radius 3 is 2.78 bits per heavy atom. The lowest BCUT2D eigenvalue weighted by Crippen LogP contribution is -2.37. The zero-order chi connectivity index (χ0) is 18.6. The maximum Gasteiger partial charge on any atom is 0.224 e. The highest BCUT2D eigenvalue weighted by Gasteiger charge is 2.05. The van der Waals surface area contributed by atoms with Crippen LogP contribution in [0, 0.1) is 0 Å². The highest BCUT2D eigenvalue weighted by molar-refractivity contribution is 14.0. The summed E-state index contributed by atoms with van der Waals surface area (Å²) in [4.78, 5) is 16.0. The molecule has 1 amide bonds. The van der Waals surface area contributed by atoms with Crippen LogP contribution in [-0.4, -0.2) is 25.5 Å². The minimum atomic E-state index is 0. The Balaban J connectivity index is 0.00000364. The standard InChI is InChI=1S/C21H32N4O.HI/c1-3-8-20(26)25-19-12-7-11-18(15-19)16-24-21(22-2)23-14-13-17-9-5-4-6-10-17;/h7,9,11-12,15H,3-6,8,10,13-14,16H2,1-2H3,(H,25,26)(H2,22,23,24);1H. The predicted octanol–water partition coefficient (Wildman–Crippen LogP) is 4.60. The number of nitrogens with one attached hydrogen (secondary N) is 3. The van der Waals surface area contributed by atoms with Gasteiger partial charge in [-0.05, 0) is 56.2 Å². The van der Waals surface area contributed by atoms with Gasteiger partial charge in [0.1, 0.15) is 0 Å². The molecule has 0 heterocycles. The molecule has 0 radical (unpaired) electrons. The fourth-order valence-electron chi connectivity index (χ4n) is 3.09. The maximum absolute atomic E-state index is 11.7. The monoisotopic (exact) mass is 484 g/mol. The molecule has 0 saturated heterocycles. The average Bonchev–Trinajstić information content (AvgIpc) is 2.66. The lowest BCUT2D eigenvalue weighted by molar-refractivity contribution is -0.116. The first-order valence-corrected chi connectivity index (χ1v) is 9.72. The fraction of sp³-hybridized carbons (Fsp3) is 0.524. The van der Waals surface area contributed by atoms with E-state index in [1.165, 1.54) is 25.7 Å². The van der Waals surface area contributed by atoms with Gasteiger partial charge >= 0.3 is 0 Å². The zero-order valence-electron chi connectivity index (χ0n) is 16.5. The third kappa shape index (κ3) is 9.26. The Labute approximate surface area is 180 Å². The summed E-state index contributed by atoms with van der Waals surface area (Å²) in [6.07, 6.45) is 10.0. The number of allylic oxidation sites excluding steroid dienone is 1. The van der Waals surface area contributed by atoms with Crippen molar-refractivity contribution in [2.75, 3.05) is 18.9 Å². The third-order valence-electron chi connectivity index (χ3n) is 4.49. The molecular weight excluding hydrogens is 451 g/mol. The van der Waals surface area contributed by atoms with Crippen LogP contribution in [0.5, 0.6) is 0 Å². The van der Waals surface area contributed by atoms with E-state index in [0.29, 0.717) is 13.0 Å². The van der Waals surface area contributed by atoms with Gasteiger partial charge < -0.3 is 16.0 Å². The van der Waals surface area contributed by atoms with Crippen molar-refractivity contribution in [3.05, 3.63) is 41.5 Å². The van der Waals surface area contributed by atoms with Gasteiger partial charge in [-0.3, -0.25) is 9.79 Å². The molecule has 27 heavy (non-hydrogen) atoms. The Morgan fingerprint density at radius 1 is 1.22 bits per heavy atom. The van der Waals surface area contributed by atoms with Gasteiger partial charge in [-0.2, -0.15) is 0 Å². The number of hydrogen-bond acceptors (Lipinski definition) is 2.